The number of carbonyl (C=O) groups is 2. The number of hydrogen-bond donors (Lipinski definition) is 0. The molecule has 0 aromatic heterocycles. The Labute approximate surface area is 194 Å². The van der Waals surface area contributed by atoms with Gasteiger partial charge in [0.15, 0.2) is 5.78 Å². The number of fused-ring (bicyclic) bond motifs is 1. The van der Waals surface area contributed by atoms with E-state index in [-0.39, 0.29) is 61.1 Å². The van der Waals surface area contributed by atoms with Crippen molar-refractivity contribution in [3.8, 4) is 5.75 Å². The third kappa shape index (κ3) is 4.54. The topological polar surface area (TPSA) is 62.3 Å². The molecule has 2 atom stereocenters. The van der Waals surface area contributed by atoms with Crippen LogP contribution in [-0.2, 0) is 15.7 Å². The number of hydrogen-bond acceptors (Lipinski definition) is 5. The molecule has 0 aliphatic carbocycles. The number of amides is 2. The summed E-state index contributed by atoms with van der Waals surface area (Å²) in [6, 6.07) is 3.38. The molecule has 4 saturated heterocycles. The molecule has 4 aliphatic heterocycles. The molecule has 186 valence electrons. The second-order valence-corrected chi connectivity index (χ2v) is 9.96. The Morgan fingerprint density at radius 2 is 1.91 bits per heavy atom. The zero-order chi connectivity index (χ0) is 24.3. The van der Waals surface area contributed by atoms with Gasteiger partial charge in [-0.1, -0.05) is 0 Å². The molecule has 0 radical (unpaired) electrons. The molecule has 1 aromatic carbocycles. The lowest BCUT2D eigenvalue weighted by Crippen LogP contribution is -2.61. The fourth-order valence-electron chi connectivity index (χ4n) is 5.22. The molecule has 0 N–H and O–H groups in total. The summed E-state index contributed by atoms with van der Waals surface area (Å²) >= 11 is 0. The number of nitrogens with zero attached hydrogens (tertiary/aromatic N) is 3. The van der Waals surface area contributed by atoms with Crippen molar-refractivity contribution in [3.05, 3.63) is 23.8 Å². The van der Waals surface area contributed by atoms with Crippen LogP contribution < -0.4 is 9.64 Å². The summed E-state index contributed by atoms with van der Waals surface area (Å²) < 4.78 is 65.6. The van der Waals surface area contributed by atoms with E-state index in [1.165, 1.54) is 24.0 Å². The highest BCUT2D eigenvalue weighted by molar-refractivity contribution is 5.81. The van der Waals surface area contributed by atoms with Crippen LogP contribution in [0.15, 0.2) is 18.2 Å². The summed E-state index contributed by atoms with van der Waals surface area (Å²) in [5.74, 6) is 0.329. The molecule has 4 heterocycles. The third-order valence-corrected chi connectivity index (χ3v) is 6.96. The number of carbonyl (C=O) groups excluding carboxylic acids is 2. The molecule has 34 heavy (non-hydrogen) atoms. The molecular formula is C23H27F4N3O4. The van der Waals surface area contributed by atoms with E-state index in [1.807, 2.05) is 0 Å². The average Bonchev–Trinajstić information content (AvgIpc) is 2.72. The molecule has 0 unspecified atom stereocenters. The average molecular weight is 485 g/mol. The van der Waals surface area contributed by atoms with Crippen LogP contribution in [0.1, 0.15) is 25.3 Å². The normalized spacial score (nSPS) is 27.1. The second kappa shape index (κ2) is 8.28. The Morgan fingerprint density at radius 1 is 1.18 bits per heavy atom. The largest absolute Gasteiger partial charge is 0.487 e. The van der Waals surface area contributed by atoms with Gasteiger partial charge in [-0.25, -0.2) is 9.18 Å². The first-order chi connectivity index (χ1) is 16.0. The van der Waals surface area contributed by atoms with Gasteiger partial charge in [0.25, 0.3) is 0 Å². The van der Waals surface area contributed by atoms with Crippen molar-refractivity contribution >= 4 is 17.5 Å². The van der Waals surface area contributed by atoms with Crippen LogP contribution in [0.25, 0.3) is 0 Å². The van der Waals surface area contributed by atoms with Gasteiger partial charge in [-0.3, -0.25) is 4.79 Å². The highest BCUT2D eigenvalue weighted by Gasteiger charge is 2.44. The molecule has 4 aliphatic rings. The van der Waals surface area contributed by atoms with E-state index in [2.05, 4.69) is 0 Å². The summed E-state index contributed by atoms with van der Waals surface area (Å²) in [7, 11) is 0. The van der Waals surface area contributed by atoms with Gasteiger partial charge in [0.2, 0.25) is 0 Å². The summed E-state index contributed by atoms with van der Waals surface area (Å²) in [5.41, 5.74) is -2.44. The van der Waals surface area contributed by atoms with Crippen molar-refractivity contribution in [2.24, 2.45) is 5.92 Å². The van der Waals surface area contributed by atoms with Gasteiger partial charge < -0.3 is 24.2 Å². The standard InChI is InChI=1S/C23H27F4N3O4/c1-22(24)12-30(13-22)19-7-16(2-3-18(19)23(25,26)27)34-17-9-29(10-17)21(32)28-5-4-20-14(8-28)6-15(31)11-33-20/h2-3,7,14,17,20H,4-6,8-13H2,1H3/t14-,20+/m1/s1. The number of rotatable bonds is 3. The number of alkyl halides is 4. The first-order valence-electron chi connectivity index (χ1n) is 11.5. The van der Waals surface area contributed by atoms with Gasteiger partial charge in [-0.15, -0.1) is 0 Å². The Kier molecular flexibility index (Phi) is 5.65. The van der Waals surface area contributed by atoms with Crippen molar-refractivity contribution < 1.29 is 36.6 Å². The maximum Gasteiger partial charge on any atom is 0.418 e. The van der Waals surface area contributed by atoms with Gasteiger partial charge in [-0.2, -0.15) is 13.2 Å². The first-order valence-corrected chi connectivity index (χ1v) is 11.5. The van der Waals surface area contributed by atoms with Gasteiger partial charge >= 0.3 is 12.2 Å². The predicted octanol–water partition coefficient (Wildman–Crippen LogP) is 3.12. The minimum absolute atomic E-state index is 0.0183. The number of urea groups is 1. The maximum absolute atomic E-state index is 13.9. The minimum atomic E-state index is -4.56. The summed E-state index contributed by atoms with van der Waals surface area (Å²) in [4.78, 5) is 29.2. The van der Waals surface area contributed by atoms with E-state index < -0.39 is 17.4 Å². The van der Waals surface area contributed by atoms with E-state index in [0.29, 0.717) is 39.0 Å². The maximum atomic E-state index is 13.9. The quantitative estimate of drug-likeness (QED) is 0.616. The highest BCUT2D eigenvalue weighted by atomic mass is 19.4. The van der Waals surface area contributed by atoms with E-state index in [4.69, 9.17) is 9.47 Å². The number of Topliss-reactive ketones (excluding diaryl/α,β-unsaturated/α-hetero) is 1. The molecule has 11 heteroatoms. The summed E-state index contributed by atoms with van der Waals surface area (Å²) in [6.45, 7) is 2.96. The van der Waals surface area contributed by atoms with Crippen LogP contribution in [-0.4, -0.2) is 85.4 Å². The molecule has 0 bridgehead atoms. The molecule has 0 saturated carbocycles. The van der Waals surface area contributed by atoms with Crippen molar-refractivity contribution in [3.63, 3.8) is 0 Å². The molecule has 4 fully saturated rings. The number of likely N-dealkylation sites (tertiary alicyclic amines) is 2. The Bertz CT molecular complexity index is 971. The monoisotopic (exact) mass is 485 g/mol. The first kappa shape index (κ1) is 23.2. The summed E-state index contributed by atoms with van der Waals surface area (Å²) in [5, 5.41) is 0. The lowest BCUT2D eigenvalue weighted by molar-refractivity contribution is -0.140. The number of anilines is 1. The van der Waals surface area contributed by atoms with Crippen LogP contribution in [0, 0.1) is 5.92 Å². The lowest BCUT2D eigenvalue weighted by atomic mass is 9.88. The lowest BCUT2D eigenvalue weighted by Gasteiger charge is -2.46. The Hall–Kier alpha value is -2.56. The molecular weight excluding hydrogens is 458 g/mol. The zero-order valence-corrected chi connectivity index (χ0v) is 18.8. The number of ketones is 1. The number of benzene rings is 1. The van der Waals surface area contributed by atoms with Gasteiger partial charge in [0.1, 0.15) is 24.1 Å². The smallest absolute Gasteiger partial charge is 0.418 e. The van der Waals surface area contributed by atoms with Crippen molar-refractivity contribution in [1.29, 1.82) is 0 Å². The zero-order valence-electron chi connectivity index (χ0n) is 18.8. The minimum Gasteiger partial charge on any atom is -0.487 e. The molecule has 0 spiro atoms. The SMILES string of the molecule is CC1(F)CN(c2cc(OC3CN(C(=O)N4CC[C@@H]5OCC(=O)C[C@@H]5C4)C3)ccc2C(F)(F)F)C1. The predicted molar refractivity (Wildman–Crippen MR) is 114 cm³/mol. The summed E-state index contributed by atoms with van der Waals surface area (Å²) in [6.07, 6.45) is -3.76. The van der Waals surface area contributed by atoms with Crippen LogP contribution in [0.2, 0.25) is 0 Å². The van der Waals surface area contributed by atoms with Crippen LogP contribution in [0.5, 0.6) is 5.75 Å². The van der Waals surface area contributed by atoms with Crippen molar-refractivity contribution in [2.45, 2.75) is 43.8 Å². The number of piperidine rings is 1. The van der Waals surface area contributed by atoms with E-state index in [0.717, 1.165) is 6.07 Å². The van der Waals surface area contributed by atoms with Crippen LogP contribution >= 0.6 is 0 Å². The third-order valence-electron chi connectivity index (χ3n) is 6.96. The Balaban J connectivity index is 1.18. The molecule has 7 nitrogen and oxygen atoms in total. The van der Waals surface area contributed by atoms with Gasteiger partial charge in [0, 0.05) is 31.5 Å². The van der Waals surface area contributed by atoms with Crippen LogP contribution in [0.4, 0.5) is 28.0 Å². The fourth-order valence-corrected chi connectivity index (χ4v) is 5.22. The number of halogens is 4. The van der Waals surface area contributed by atoms with Gasteiger partial charge in [0.05, 0.1) is 43.5 Å². The van der Waals surface area contributed by atoms with E-state index >= 15 is 0 Å². The highest BCUT2D eigenvalue weighted by Crippen LogP contribution is 2.42. The van der Waals surface area contributed by atoms with E-state index in [9.17, 15) is 27.2 Å². The number of ether oxygens (including phenoxy) is 2. The van der Waals surface area contributed by atoms with Gasteiger partial charge in [-0.05, 0) is 25.5 Å². The fraction of sp³-hybridized carbons (Fsp3) is 0.652. The molecule has 2 amide bonds. The van der Waals surface area contributed by atoms with Crippen molar-refractivity contribution in [2.75, 3.05) is 50.8 Å². The second-order valence-electron chi connectivity index (χ2n) is 9.96. The van der Waals surface area contributed by atoms with Crippen molar-refractivity contribution in [1.82, 2.24) is 9.80 Å². The molecule has 5 rings (SSSR count). The molecule has 1 aromatic rings. The van der Waals surface area contributed by atoms with Crippen LogP contribution in [0.3, 0.4) is 0 Å². The van der Waals surface area contributed by atoms with E-state index in [1.54, 1.807) is 9.80 Å². The Morgan fingerprint density at radius 3 is 2.59 bits per heavy atom.